The maximum atomic E-state index is 12.8. The van der Waals surface area contributed by atoms with Gasteiger partial charge in [-0.3, -0.25) is 4.79 Å². The predicted octanol–water partition coefficient (Wildman–Crippen LogP) is 5.02. The number of hydrogen-bond donors (Lipinski definition) is 0. The maximum absolute atomic E-state index is 12.8. The minimum Gasteiger partial charge on any atom is -0.352 e. The van der Waals surface area contributed by atoms with Crippen molar-refractivity contribution in [2.45, 2.75) is 0 Å². The summed E-state index contributed by atoms with van der Waals surface area (Å²) < 4.78 is 0.831. The van der Waals surface area contributed by atoms with E-state index in [0.29, 0.717) is 18.7 Å². The zero-order valence-corrected chi connectivity index (χ0v) is 18.5. The summed E-state index contributed by atoms with van der Waals surface area (Å²) in [4.78, 5) is 16.9. The van der Waals surface area contributed by atoms with Gasteiger partial charge in [-0.2, -0.15) is 0 Å². The van der Waals surface area contributed by atoms with E-state index in [2.05, 4.69) is 61.4 Å². The van der Waals surface area contributed by atoms with Gasteiger partial charge in [0.25, 0.3) is 5.91 Å². The number of piperazine rings is 1. The highest BCUT2D eigenvalue weighted by Crippen LogP contribution is 2.28. The van der Waals surface area contributed by atoms with Crippen molar-refractivity contribution in [2.75, 3.05) is 31.1 Å². The molecule has 1 aromatic heterocycles. The van der Waals surface area contributed by atoms with E-state index in [1.165, 1.54) is 10.8 Å². The normalized spacial score (nSPS) is 14.1. The van der Waals surface area contributed by atoms with Gasteiger partial charge in [0.2, 0.25) is 0 Å². The SMILES string of the molecule is O=C(c1ccccc1Br)N1CCN(c2ccc(-c3cccc4ccccc34)nn2)CC1. The molecule has 0 aliphatic carbocycles. The Kier molecular flexibility index (Phi) is 5.38. The summed E-state index contributed by atoms with van der Waals surface area (Å²) in [6, 6.07) is 26.2. The zero-order chi connectivity index (χ0) is 21.2. The average Bonchev–Trinajstić information content (AvgIpc) is 2.84. The zero-order valence-electron chi connectivity index (χ0n) is 16.9. The van der Waals surface area contributed by atoms with Gasteiger partial charge in [0.15, 0.2) is 5.82 Å². The van der Waals surface area contributed by atoms with Gasteiger partial charge in [-0.1, -0.05) is 54.6 Å². The molecule has 6 heteroatoms. The number of aromatic nitrogens is 2. The molecular formula is C25H21BrN4O. The number of carbonyl (C=O) groups is 1. The molecule has 154 valence electrons. The standard InChI is InChI=1S/C25H21BrN4O/c26-22-11-4-3-9-21(22)25(31)30-16-14-29(15-17-30)24-13-12-23(27-28-24)20-10-5-7-18-6-1-2-8-19(18)20/h1-13H,14-17H2. The monoisotopic (exact) mass is 472 g/mol. The van der Waals surface area contributed by atoms with Gasteiger partial charge < -0.3 is 9.80 Å². The second-order valence-electron chi connectivity index (χ2n) is 7.56. The molecule has 1 aliphatic rings. The molecule has 0 atom stereocenters. The van der Waals surface area contributed by atoms with Gasteiger partial charge in [0.05, 0.1) is 11.3 Å². The molecule has 3 aromatic carbocycles. The van der Waals surface area contributed by atoms with E-state index >= 15 is 0 Å². The van der Waals surface area contributed by atoms with E-state index < -0.39 is 0 Å². The molecule has 4 aromatic rings. The molecule has 0 unspecified atom stereocenters. The number of halogens is 1. The topological polar surface area (TPSA) is 49.3 Å². The third kappa shape index (κ3) is 3.91. The van der Waals surface area contributed by atoms with Gasteiger partial charge in [-0.05, 0) is 51.0 Å². The van der Waals surface area contributed by atoms with Crippen molar-refractivity contribution in [2.24, 2.45) is 0 Å². The van der Waals surface area contributed by atoms with Crippen molar-refractivity contribution in [3.63, 3.8) is 0 Å². The van der Waals surface area contributed by atoms with Crippen LogP contribution in [0.4, 0.5) is 5.82 Å². The maximum Gasteiger partial charge on any atom is 0.255 e. The lowest BCUT2D eigenvalue weighted by Gasteiger charge is -2.35. The Morgan fingerprint density at radius 3 is 2.29 bits per heavy atom. The van der Waals surface area contributed by atoms with Crippen molar-refractivity contribution in [3.05, 3.63) is 88.9 Å². The minimum absolute atomic E-state index is 0.0597. The fraction of sp³-hybridized carbons (Fsp3) is 0.160. The van der Waals surface area contributed by atoms with Gasteiger partial charge in [0, 0.05) is 36.2 Å². The molecule has 0 radical (unpaired) electrons. The van der Waals surface area contributed by atoms with Crippen LogP contribution in [0.3, 0.4) is 0 Å². The highest BCUT2D eigenvalue weighted by molar-refractivity contribution is 9.10. The lowest BCUT2D eigenvalue weighted by Crippen LogP contribution is -2.49. The molecule has 1 fully saturated rings. The van der Waals surface area contributed by atoms with Crippen LogP contribution in [0, 0.1) is 0 Å². The Bertz CT molecular complexity index is 1230. The Labute approximate surface area is 189 Å². The summed E-state index contributed by atoms with van der Waals surface area (Å²) >= 11 is 3.48. The van der Waals surface area contributed by atoms with Crippen LogP contribution in [0.5, 0.6) is 0 Å². The number of anilines is 1. The van der Waals surface area contributed by atoms with Crippen LogP contribution in [0.2, 0.25) is 0 Å². The van der Waals surface area contributed by atoms with Crippen molar-refractivity contribution in [3.8, 4) is 11.3 Å². The predicted molar refractivity (Wildman–Crippen MR) is 127 cm³/mol. The molecule has 1 aliphatic heterocycles. The number of rotatable bonds is 3. The molecular weight excluding hydrogens is 452 g/mol. The highest BCUT2D eigenvalue weighted by Gasteiger charge is 2.24. The summed E-state index contributed by atoms with van der Waals surface area (Å²) in [6.07, 6.45) is 0. The summed E-state index contributed by atoms with van der Waals surface area (Å²) in [5, 5.41) is 11.4. The van der Waals surface area contributed by atoms with Crippen molar-refractivity contribution in [1.29, 1.82) is 0 Å². The quantitative estimate of drug-likeness (QED) is 0.419. The first-order chi connectivity index (χ1) is 15.2. The molecule has 1 saturated heterocycles. The smallest absolute Gasteiger partial charge is 0.255 e. The Morgan fingerprint density at radius 1 is 0.774 bits per heavy atom. The first-order valence-corrected chi connectivity index (χ1v) is 11.1. The van der Waals surface area contributed by atoms with E-state index in [0.717, 1.165) is 34.6 Å². The third-order valence-corrected chi connectivity index (χ3v) is 6.40. The van der Waals surface area contributed by atoms with E-state index in [-0.39, 0.29) is 5.91 Å². The molecule has 0 bridgehead atoms. The minimum atomic E-state index is 0.0597. The third-order valence-electron chi connectivity index (χ3n) is 5.71. The average molecular weight is 473 g/mol. The molecule has 0 saturated carbocycles. The van der Waals surface area contributed by atoms with Gasteiger partial charge in [-0.25, -0.2) is 0 Å². The number of amides is 1. The second kappa shape index (κ2) is 8.47. The van der Waals surface area contributed by atoms with Crippen LogP contribution in [0.25, 0.3) is 22.0 Å². The molecule has 2 heterocycles. The van der Waals surface area contributed by atoms with Crippen LogP contribution in [-0.4, -0.2) is 47.2 Å². The Morgan fingerprint density at radius 2 is 1.52 bits per heavy atom. The number of nitrogens with zero attached hydrogens (tertiary/aromatic N) is 4. The van der Waals surface area contributed by atoms with E-state index in [1.54, 1.807) is 0 Å². The first-order valence-electron chi connectivity index (χ1n) is 10.3. The van der Waals surface area contributed by atoms with Crippen molar-refractivity contribution >= 4 is 38.4 Å². The van der Waals surface area contributed by atoms with E-state index in [4.69, 9.17) is 0 Å². The Balaban J connectivity index is 1.29. The molecule has 0 N–H and O–H groups in total. The molecule has 5 nitrogen and oxygen atoms in total. The molecule has 0 spiro atoms. The Hall–Kier alpha value is -3.25. The van der Waals surface area contributed by atoms with Crippen LogP contribution in [0.1, 0.15) is 10.4 Å². The van der Waals surface area contributed by atoms with Gasteiger partial charge >= 0.3 is 0 Å². The lowest BCUT2D eigenvalue weighted by atomic mass is 10.0. The summed E-state index contributed by atoms with van der Waals surface area (Å²) in [5.74, 6) is 0.904. The van der Waals surface area contributed by atoms with Crippen LogP contribution < -0.4 is 4.90 Å². The number of fused-ring (bicyclic) bond motifs is 1. The summed E-state index contributed by atoms with van der Waals surface area (Å²) in [7, 11) is 0. The fourth-order valence-corrected chi connectivity index (χ4v) is 4.48. The second-order valence-corrected chi connectivity index (χ2v) is 8.42. The van der Waals surface area contributed by atoms with Crippen LogP contribution in [-0.2, 0) is 0 Å². The van der Waals surface area contributed by atoms with E-state index in [1.807, 2.05) is 53.4 Å². The molecule has 5 rings (SSSR count). The van der Waals surface area contributed by atoms with E-state index in [9.17, 15) is 4.79 Å². The number of hydrogen-bond acceptors (Lipinski definition) is 4. The van der Waals surface area contributed by atoms with Crippen molar-refractivity contribution in [1.82, 2.24) is 15.1 Å². The number of carbonyl (C=O) groups excluding carboxylic acids is 1. The largest absolute Gasteiger partial charge is 0.352 e. The molecule has 1 amide bonds. The van der Waals surface area contributed by atoms with Gasteiger partial charge in [0.1, 0.15) is 0 Å². The van der Waals surface area contributed by atoms with Gasteiger partial charge in [-0.15, -0.1) is 10.2 Å². The fourth-order valence-electron chi connectivity index (χ4n) is 4.03. The van der Waals surface area contributed by atoms with Crippen LogP contribution >= 0.6 is 15.9 Å². The van der Waals surface area contributed by atoms with Crippen LogP contribution in [0.15, 0.2) is 83.3 Å². The number of benzene rings is 3. The lowest BCUT2D eigenvalue weighted by molar-refractivity contribution is 0.0745. The first kappa shape index (κ1) is 19.7. The van der Waals surface area contributed by atoms with Crippen molar-refractivity contribution < 1.29 is 4.79 Å². The summed E-state index contributed by atoms with van der Waals surface area (Å²) in [5.41, 5.74) is 2.65. The molecule has 31 heavy (non-hydrogen) atoms. The highest BCUT2D eigenvalue weighted by atomic mass is 79.9. The summed E-state index contributed by atoms with van der Waals surface area (Å²) in [6.45, 7) is 2.79.